The van der Waals surface area contributed by atoms with Crippen molar-refractivity contribution in [2.45, 2.75) is 0 Å². The van der Waals surface area contributed by atoms with Gasteiger partial charge in [-0.25, -0.2) is 4.79 Å². The number of carbonyl (C=O) groups is 2. The molecule has 2 aromatic carbocycles. The molecule has 0 fully saturated rings. The topological polar surface area (TPSA) is 117 Å². The summed E-state index contributed by atoms with van der Waals surface area (Å²) in [5.41, 5.74) is 2.18. The van der Waals surface area contributed by atoms with Crippen molar-refractivity contribution in [3.05, 3.63) is 71.8 Å². The quantitative estimate of drug-likeness (QED) is 0.323. The van der Waals surface area contributed by atoms with Crippen molar-refractivity contribution >= 4 is 17.5 Å². The summed E-state index contributed by atoms with van der Waals surface area (Å²) in [4.78, 5) is 23.7. The molecule has 0 radical (unpaired) electrons. The van der Waals surface area contributed by atoms with E-state index in [2.05, 4.69) is 25.3 Å². The third kappa shape index (κ3) is 4.90. The highest BCUT2D eigenvalue weighted by Gasteiger charge is 2.12. The van der Waals surface area contributed by atoms with Crippen molar-refractivity contribution < 1.29 is 23.8 Å². The standard InChI is InChI=1S/C23H21N5O5/c1-31-18-5-3-4-17(14-18)21-26-25-19-10-11-20(27-28(19)21)33-13-12-24-22(29)15-6-8-16(9-7-15)23(30)32-2/h3-11,14H,12-13H2,1-2H3,(H,24,29). The lowest BCUT2D eigenvalue weighted by Crippen LogP contribution is -2.28. The van der Waals surface area contributed by atoms with Gasteiger partial charge in [-0.05, 0) is 42.5 Å². The van der Waals surface area contributed by atoms with E-state index in [1.165, 1.54) is 19.2 Å². The second-order valence-corrected chi connectivity index (χ2v) is 6.87. The molecule has 0 saturated heterocycles. The highest BCUT2D eigenvalue weighted by Crippen LogP contribution is 2.23. The zero-order valence-corrected chi connectivity index (χ0v) is 18.0. The van der Waals surface area contributed by atoms with Gasteiger partial charge in [-0.15, -0.1) is 15.3 Å². The molecule has 0 spiro atoms. The minimum Gasteiger partial charge on any atom is -0.497 e. The molecule has 0 aliphatic carbocycles. The predicted molar refractivity (Wildman–Crippen MR) is 118 cm³/mol. The van der Waals surface area contributed by atoms with Crippen molar-refractivity contribution in [3.63, 3.8) is 0 Å². The number of ether oxygens (including phenoxy) is 3. The first kappa shape index (κ1) is 21.8. The van der Waals surface area contributed by atoms with Gasteiger partial charge in [0.05, 0.1) is 26.3 Å². The van der Waals surface area contributed by atoms with Crippen molar-refractivity contribution in [1.29, 1.82) is 0 Å². The average Bonchev–Trinajstić information content (AvgIpc) is 3.29. The van der Waals surface area contributed by atoms with E-state index in [0.717, 1.165) is 5.56 Å². The Hall–Kier alpha value is -4.47. The van der Waals surface area contributed by atoms with Crippen LogP contribution in [0.4, 0.5) is 0 Å². The molecular formula is C23H21N5O5. The van der Waals surface area contributed by atoms with Gasteiger partial charge in [-0.2, -0.15) is 4.52 Å². The van der Waals surface area contributed by atoms with Gasteiger partial charge in [0.25, 0.3) is 5.91 Å². The van der Waals surface area contributed by atoms with Crippen LogP contribution in [0, 0.1) is 0 Å². The van der Waals surface area contributed by atoms with Crippen LogP contribution in [0.1, 0.15) is 20.7 Å². The van der Waals surface area contributed by atoms with Crippen LogP contribution in [0.3, 0.4) is 0 Å². The summed E-state index contributed by atoms with van der Waals surface area (Å²) in [7, 11) is 2.90. The van der Waals surface area contributed by atoms with Crippen LogP contribution in [0.5, 0.6) is 11.6 Å². The normalized spacial score (nSPS) is 10.6. The van der Waals surface area contributed by atoms with Crippen LogP contribution in [0.2, 0.25) is 0 Å². The smallest absolute Gasteiger partial charge is 0.337 e. The Morgan fingerprint density at radius 3 is 2.52 bits per heavy atom. The first-order chi connectivity index (χ1) is 16.1. The highest BCUT2D eigenvalue weighted by atomic mass is 16.5. The second-order valence-electron chi connectivity index (χ2n) is 6.87. The first-order valence-electron chi connectivity index (χ1n) is 10.1. The Bertz CT molecular complexity index is 1290. The summed E-state index contributed by atoms with van der Waals surface area (Å²) in [6.45, 7) is 0.476. The van der Waals surface area contributed by atoms with E-state index in [0.29, 0.717) is 34.2 Å². The molecule has 0 atom stereocenters. The minimum atomic E-state index is -0.456. The van der Waals surface area contributed by atoms with Crippen LogP contribution in [0.15, 0.2) is 60.7 Å². The minimum absolute atomic E-state index is 0.209. The Balaban J connectivity index is 1.36. The number of aromatic nitrogens is 4. The number of amides is 1. The largest absolute Gasteiger partial charge is 0.497 e. The maximum absolute atomic E-state index is 12.3. The molecular weight excluding hydrogens is 426 g/mol. The summed E-state index contributed by atoms with van der Waals surface area (Å²) in [6, 6.07) is 17.1. The van der Waals surface area contributed by atoms with Gasteiger partial charge < -0.3 is 19.5 Å². The van der Waals surface area contributed by atoms with E-state index in [1.807, 2.05) is 24.3 Å². The fraction of sp³-hybridized carbons (Fsp3) is 0.174. The molecule has 0 unspecified atom stereocenters. The van der Waals surface area contributed by atoms with Crippen molar-refractivity contribution in [2.75, 3.05) is 27.4 Å². The highest BCUT2D eigenvalue weighted by molar-refractivity contribution is 5.96. The number of carbonyl (C=O) groups excluding carboxylic acids is 2. The molecule has 0 aliphatic heterocycles. The van der Waals surface area contributed by atoms with Gasteiger partial charge in [0, 0.05) is 17.2 Å². The van der Waals surface area contributed by atoms with Crippen LogP contribution < -0.4 is 14.8 Å². The van der Waals surface area contributed by atoms with E-state index < -0.39 is 5.97 Å². The molecule has 2 aromatic heterocycles. The van der Waals surface area contributed by atoms with Gasteiger partial charge in [-0.3, -0.25) is 4.79 Å². The molecule has 4 aromatic rings. The second kappa shape index (κ2) is 9.77. The predicted octanol–water partition coefficient (Wildman–Crippen LogP) is 2.40. The number of esters is 1. The number of hydrogen-bond donors (Lipinski definition) is 1. The van der Waals surface area contributed by atoms with Gasteiger partial charge in [0.15, 0.2) is 11.5 Å². The number of nitrogens with zero attached hydrogens (tertiary/aromatic N) is 4. The molecule has 1 N–H and O–H groups in total. The first-order valence-corrected chi connectivity index (χ1v) is 10.1. The third-order valence-electron chi connectivity index (χ3n) is 4.77. The molecule has 1 amide bonds. The lowest BCUT2D eigenvalue weighted by molar-refractivity contribution is 0.0600. The van der Waals surface area contributed by atoms with Crippen molar-refractivity contribution in [2.24, 2.45) is 0 Å². The molecule has 0 bridgehead atoms. The van der Waals surface area contributed by atoms with E-state index in [9.17, 15) is 9.59 Å². The number of nitrogens with one attached hydrogen (secondary N) is 1. The van der Waals surface area contributed by atoms with Gasteiger partial charge >= 0.3 is 5.97 Å². The molecule has 10 nitrogen and oxygen atoms in total. The van der Waals surface area contributed by atoms with E-state index in [1.54, 1.807) is 35.9 Å². The molecule has 2 heterocycles. The van der Waals surface area contributed by atoms with E-state index in [-0.39, 0.29) is 19.1 Å². The zero-order valence-electron chi connectivity index (χ0n) is 18.0. The Morgan fingerprint density at radius 1 is 0.970 bits per heavy atom. The maximum atomic E-state index is 12.3. The SMILES string of the molecule is COC(=O)c1ccc(C(=O)NCCOc2ccc3nnc(-c4cccc(OC)c4)n3n2)cc1. The zero-order chi connectivity index (χ0) is 23.2. The van der Waals surface area contributed by atoms with Gasteiger partial charge in [0.1, 0.15) is 12.4 Å². The Labute approximate surface area is 189 Å². The fourth-order valence-corrected chi connectivity index (χ4v) is 3.09. The fourth-order valence-electron chi connectivity index (χ4n) is 3.09. The summed E-state index contributed by atoms with van der Waals surface area (Å²) in [5.74, 6) is 0.883. The molecule has 168 valence electrons. The number of methoxy groups -OCH3 is 2. The molecule has 0 saturated carbocycles. The van der Waals surface area contributed by atoms with Crippen LogP contribution in [-0.4, -0.2) is 59.1 Å². The lowest BCUT2D eigenvalue weighted by Gasteiger charge is -2.08. The number of fused-ring (bicyclic) bond motifs is 1. The average molecular weight is 447 g/mol. The van der Waals surface area contributed by atoms with Gasteiger partial charge in [0.2, 0.25) is 5.88 Å². The number of rotatable bonds is 8. The third-order valence-corrected chi connectivity index (χ3v) is 4.77. The summed E-state index contributed by atoms with van der Waals surface area (Å²) in [5, 5.41) is 15.6. The molecule has 10 heteroatoms. The van der Waals surface area contributed by atoms with E-state index >= 15 is 0 Å². The van der Waals surface area contributed by atoms with Crippen molar-refractivity contribution in [3.8, 4) is 23.0 Å². The summed E-state index contributed by atoms with van der Waals surface area (Å²) in [6.07, 6.45) is 0. The van der Waals surface area contributed by atoms with Gasteiger partial charge in [-0.1, -0.05) is 12.1 Å². The van der Waals surface area contributed by atoms with E-state index in [4.69, 9.17) is 9.47 Å². The van der Waals surface area contributed by atoms with Crippen LogP contribution in [-0.2, 0) is 4.74 Å². The molecule has 33 heavy (non-hydrogen) atoms. The van der Waals surface area contributed by atoms with Crippen LogP contribution in [0.25, 0.3) is 17.0 Å². The van der Waals surface area contributed by atoms with Crippen molar-refractivity contribution in [1.82, 2.24) is 25.1 Å². The Morgan fingerprint density at radius 2 is 1.76 bits per heavy atom. The molecule has 0 aliphatic rings. The molecule has 4 rings (SSSR count). The summed E-state index contributed by atoms with van der Waals surface area (Å²) >= 11 is 0. The Kier molecular flexibility index (Phi) is 6.44. The lowest BCUT2D eigenvalue weighted by atomic mass is 10.1. The van der Waals surface area contributed by atoms with Crippen LogP contribution >= 0.6 is 0 Å². The number of benzene rings is 2. The summed E-state index contributed by atoms with van der Waals surface area (Å²) < 4.78 is 17.2. The number of hydrogen-bond acceptors (Lipinski definition) is 8. The maximum Gasteiger partial charge on any atom is 0.337 e. The monoisotopic (exact) mass is 447 g/mol.